The van der Waals surface area contributed by atoms with Crippen LogP contribution in [0.2, 0.25) is 5.02 Å². The number of rotatable bonds is 9. The molecule has 7 heterocycles. The summed E-state index contributed by atoms with van der Waals surface area (Å²) in [5, 5.41) is 28.9. The molecule has 4 saturated heterocycles. The molecule has 5 aliphatic heterocycles. The number of alkyl halides is 1. The number of nitrogens with zero attached hydrogens (tertiary/aromatic N) is 5. The Hall–Kier alpha value is -3.65. The minimum absolute atomic E-state index is 0.00706. The maximum absolute atomic E-state index is 17.7. The molecular weight excluding hydrogens is 777 g/mol. The van der Waals surface area contributed by atoms with Gasteiger partial charge in [-0.1, -0.05) is 31.5 Å². The molecule has 1 saturated carbocycles. The second kappa shape index (κ2) is 14.0. The standard InChI is InChI=1S/C41H46ClF3N8O3S/c1-3-21-13-26-18(2)25(48-39(54)34-32(49-34)19-5-6-19)9-12-53(26)38-29-33(50-40(51-38)55-17-41-10-4-11-52(41)16-20(43)14-41)31(45)28(30(42)35(29)56-21)22-7-8-24(44)36-27(22)23(15-46)37(47)57-36/h7-8,18-21,25-26,32,34,39,48-49,54H,3-6,9-14,16-17,47H2,1-2H3/t18?,20-,21?,25?,26+,32?,34?,39?,41+/m1/s1. The van der Waals surface area contributed by atoms with Gasteiger partial charge >= 0.3 is 6.01 Å². The van der Waals surface area contributed by atoms with Crippen LogP contribution in [0.15, 0.2) is 12.1 Å². The minimum Gasteiger partial charge on any atom is -0.488 e. The van der Waals surface area contributed by atoms with Crippen molar-refractivity contribution in [3.8, 4) is 29.0 Å². The van der Waals surface area contributed by atoms with Crippen LogP contribution in [0.1, 0.15) is 70.8 Å². The number of aromatic nitrogens is 2. The van der Waals surface area contributed by atoms with E-state index in [2.05, 4.69) is 33.4 Å². The van der Waals surface area contributed by atoms with E-state index in [-0.39, 0.29) is 90.8 Å². The van der Waals surface area contributed by atoms with Crippen LogP contribution in [0.3, 0.4) is 0 Å². The maximum Gasteiger partial charge on any atom is 0.319 e. The molecule has 6 aliphatic rings. The first kappa shape index (κ1) is 37.6. The van der Waals surface area contributed by atoms with Gasteiger partial charge in [0.1, 0.15) is 53.3 Å². The second-order valence-corrected chi connectivity index (χ2v) is 18.5. The van der Waals surface area contributed by atoms with Crippen LogP contribution < -0.4 is 30.7 Å². The van der Waals surface area contributed by atoms with Gasteiger partial charge in [0.2, 0.25) is 0 Å². The predicted molar refractivity (Wildman–Crippen MR) is 214 cm³/mol. The number of thiophene rings is 1. The van der Waals surface area contributed by atoms with Crippen LogP contribution in [-0.4, -0.2) is 94.4 Å². The number of aliphatic hydroxyl groups excluding tert-OH is 1. The number of nitrogens with one attached hydrogen (secondary N) is 2. The van der Waals surface area contributed by atoms with Crippen molar-refractivity contribution in [3.63, 3.8) is 0 Å². The highest BCUT2D eigenvalue weighted by Crippen LogP contribution is 2.52. The van der Waals surface area contributed by atoms with Crippen LogP contribution in [0, 0.1) is 34.8 Å². The van der Waals surface area contributed by atoms with Gasteiger partial charge in [-0.05, 0) is 68.5 Å². The summed E-state index contributed by atoms with van der Waals surface area (Å²) in [6.07, 6.45) is 4.34. The van der Waals surface area contributed by atoms with Gasteiger partial charge in [-0.2, -0.15) is 15.2 Å². The Kier molecular flexibility index (Phi) is 9.23. The Balaban J connectivity index is 1.11. The molecule has 11 nitrogen and oxygen atoms in total. The molecule has 6 unspecified atom stereocenters. The number of piperidine rings is 1. The summed E-state index contributed by atoms with van der Waals surface area (Å²) >= 11 is 8.20. The van der Waals surface area contributed by atoms with Gasteiger partial charge in [0.05, 0.1) is 32.3 Å². The highest BCUT2D eigenvalue weighted by atomic mass is 35.5. The Labute approximate surface area is 337 Å². The molecule has 5 fully saturated rings. The van der Waals surface area contributed by atoms with Crippen LogP contribution in [0.5, 0.6) is 11.8 Å². The lowest BCUT2D eigenvalue weighted by molar-refractivity contribution is 0.0839. The summed E-state index contributed by atoms with van der Waals surface area (Å²) < 4.78 is 61.0. The highest BCUT2D eigenvalue weighted by Gasteiger charge is 2.52. The van der Waals surface area contributed by atoms with E-state index in [0.717, 1.165) is 30.7 Å². The number of hydrogen-bond donors (Lipinski definition) is 4. The van der Waals surface area contributed by atoms with Crippen molar-refractivity contribution in [2.75, 3.05) is 36.9 Å². The summed E-state index contributed by atoms with van der Waals surface area (Å²) in [5.41, 5.74) is 5.72. The van der Waals surface area contributed by atoms with Crippen molar-refractivity contribution in [1.82, 2.24) is 25.5 Å². The minimum atomic E-state index is -0.962. The van der Waals surface area contributed by atoms with Crippen LogP contribution in [0.25, 0.3) is 32.1 Å². The van der Waals surface area contributed by atoms with Crippen molar-refractivity contribution in [1.29, 1.82) is 5.26 Å². The van der Waals surface area contributed by atoms with Gasteiger partial charge in [-0.15, -0.1) is 11.3 Å². The average Bonchev–Trinajstić information content (AvgIpc) is 4.09. The zero-order valence-electron chi connectivity index (χ0n) is 31.8. The zero-order valence-corrected chi connectivity index (χ0v) is 33.4. The van der Waals surface area contributed by atoms with E-state index in [1.54, 1.807) is 0 Å². The van der Waals surface area contributed by atoms with Gasteiger partial charge in [-0.25, -0.2) is 13.2 Å². The molecule has 5 N–H and O–H groups in total. The number of aliphatic hydroxyl groups is 1. The third-order valence-electron chi connectivity index (χ3n) is 13.7. The van der Waals surface area contributed by atoms with E-state index in [4.69, 9.17) is 36.8 Å². The SMILES string of the molecule is CCC1C[C@H]2C(C)C(NC(O)C3NC3C3CC3)CCN2c2nc(OC[C@@]34CCCN3C[C@H](F)C4)nc3c(F)c(-c4ccc(F)c5sc(N)c(C#N)c45)c(Cl)c(c23)O1. The Morgan fingerprint density at radius 1 is 1.25 bits per heavy atom. The Morgan fingerprint density at radius 3 is 2.84 bits per heavy atom. The number of nitriles is 1. The van der Waals surface area contributed by atoms with E-state index >= 15 is 8.78 Å². The monoisotopic (exact) mass is 822 g/mol. The van der Waals surface area contributed by atoms with Crippen molar-refractivity contribution < 1.29 is 27.8 Å². The van der Waals surface area contributed by atoms with Crippen molar-refractivity contribution in [2.45, 2.75) is 113 Å². The van der Waals surface area contributed by atoms with Gasteiger partial charge in [-0.3, -0.25) is 10.2 Å². The number of halogens is 4. The fraction of sp³-hybridized carbons (Fsp3) is 0.585. The molecule has 302 valence electrons. The number of benzene rings is 2. The number of ether oxygens (including phenoxy) is 2. The fourth-order valence-corrected chi connectivity index (χ4v) is 11.8. The molecule has 0 amide bonds. The number of nitrogens with two attached hydrogens (primary N) is 1. The zero-order chi connectivity index (χ0) is 39.5. The van der Waals surface area contributed by atoms with Crippen molar-refractivity contribution in [2.24, 2.45) is 11.8 Å². The van der Waals surface area contributed by atoms with Gasteiger partial charge in [0.25, 0.3) is 0 Å². The van der Waals surface area contributed by atoms with Gasteiger partial charge in [0, 0.05) is 55.0 Å². The first-order valence-electron chi connectivity index (χ1n) is 20.3. The molecule has 10 rings (SSSR count). The molecular formula is C41H46ClF3N8O3S. The molecule has 4 aromatic rings. The van der Waals surface area contributed by atoms with E-state index in [0.29, 0.717) is 61.9 Å². The normalized spacial score (nSPS) is 31.4. The molecule has 0 radical (unpaired) electrons. The lowest BCUT2D eigenvalue weighted by Crippen LogP contribution is -2.59. The van der Waals surface area contributed by atoms with E-state index in [1.807, 2.05) is 6.92 Å². The van der Waals surface area contributed by atoms with Gasteiger partial charge in [0.15, 0.2) is 11.6 Å². The summed E-state index contributed by atoms with van der Waals surface area (Å²) in [5.74, 6) is -0.115. The summed E-state index contributed by atoms with van der Waals surface area (Å²) in [7, 11) is 0. The Morgan fingerprint density at radius 2 is 2.07 bits per heavy atom. The lowest BCUT2D eigenvalue weighted by atomic mass is 9.82. The number of hydrogen-bond acceptors (Lipinski definition) is 12. The van der Waals surface area contributed by atoms with Crippen LogP contribution in [0.4, 0.5) is 24.0 Å². The smallest absolute Gasteiger partial charge is 0.319 e. The third kappa shape index (κ3) is 6.11. The molecule has 2 aromatic carbocycles. The first-order valence-corrected chi connectivity index (χ1v) is 21.5. The lowest BCUT2D eigenvalue weighted by Gasteiger charge is -2.48. The van der Waals surface area contributed by atoms with Crippen LogP contribution >= 0.6 is 22.9 Å². The molecule has 57 heavy (non-hydrogen) atoms. The van der Waals surface area contributed by atoms with Gasteiger partial charge < -0.3 is 30.5 Å². The molecule has 0 bridgehead atoms. The summed E-state index contributed by atoms with van der Waals surface area (Å²) in [6, 6.07) is 4.90. The predicted octanol–water partition coefficient (Wildman–Crippen LogP) is 6.66. The van der Waals surface area contributed by atoms with Crippen molar-refractivity contribution >= 4 is 54.7 Å². The summed E-state index contributed by atoms with van der Waals surface area (Å²) in [4.78, 5) is 14.1. The molecule has 16 heteroatoms. The molecule has 1 aliphatic carbocycles. The number of anilines is 2. The number of nitrogen functional groups attached to an aromatic ring is 1. The summed E-state index contributed by atoms with van der Waals surface area (Å²) in [6.45, 7) is 6.00. The fourth-order valence-electron chi connectivity index (χ4n) is 10.5. The largest absolute Gasteiger partial charge is 0.488 e. The van der Waals surface area contributed by atoms with Crippen molar-refractivity contribution in [3.05, 3.63) is 34.4 Å². The highest BCUT2D eigenvalue weighted by molar-refractivity contribution is 7.23. The average molecular weight is 823 g/mol. The number of fused-ring (bicyclic) bond motifs is 4. The second-order valence-electron chi connectivity index (χ2n) is 17.1. The van der Waals surface area contributed by atoms with E-state index in [9.17, 15) is 14.8 Å². The first-order chi connectivity index (χ1) is 27.5. The molecule has 9 atom stereocenters. The molecule has 0 spiro atoms. The Bertz CT molecular complexity index is 2320. The third-order valence-corrected chi connectivity index (χ3v) is 15.1. The van der Waals surface area contributed by atoms with E-state index < -0.39 is 29.6 Å². The maximum atomic E-state index is 17.7. The van der Waals surface area contributed by atoms with Crippen LogP contribution in [-0.2, 0) is 0 Å². The topological polar surface area (TPSA) is 155 Å². The quantitative estimate of drug-likeness (QED) is 0.106. The van der Waals surface area contributed by atoms with E-state index in [1.165, 1.54) is 25.0 Å². The molecule has 2 aromatic heterocycles.